The third-order valence-electron chi connectivity index (χ3n) is 3.54. The minimum atomic E-state index is 0.684. The highest BCUT2D eigenvalue weighted by molar-refractivity contribution is 4.76. The molecule has 0 aliphatic carbocycles. The molecule has 1 N–H and O–H groups in total. The molecule has 90 valence electrons. The van der Waals surface area contributed by atoms with Crippen molar-refractivity contribution in [1.29, 1.82) is 0 Å². The summed E-state index contributed by atoms with van der Waals surface area (Å²) in [6, 6.07) is 1.45. The Balaban J connectivity index is 2.46. The fraction of sp³-hybridized carbons (Fsp3) is 1.00. The molecule has 0 radical (unpaired) electrons. The zero-order valence-corrected chi connectivity index (χ0v) is 10.9. The van der Waals surface area contributed by atoms with Crippen LogP contribution < -0.4 is 5.32 Å². The molecule has 1 aliphatic heterocycles. The largest absolute Gasteiger partial charge is 0.314 e. The van der Waals surface area contributed by atoms with Crippen LogP contribution in [0.1, 0.15) is 47.0 Å². The lowest BCUT2D eigenvalue weighted by molar-refractivity contribution is 0.149. The average molecular weight is 212 g/mol. The molecule has 0 aromatic heterocycles. The Kier molecular flexibility index (Phi) is 5.62. The molecule has 2 nitrogen and oxygen atoms in total. The van der Waals surface area contributed by atoms with E-state index in [-0.39, 0.29) is 0 Å². The van der Waals surface area contributed by atoms with Crippen molar-refractivity contribution < 1.29 is 0 Å². The maximum absolute atomic E-state index is 3.60. The van der Waals surface area contributed by atoms with Crippen LogP contribution in [0.4, 0.5) is 0 Å². The number of rotatable bonds is 3. The normalized spacial score (nSPS) is 32.0. The van der Waals surface area contributed by atoms with E-state index in [2.05, 4.69) is 37.9 Å². The van der Waals surface area contributed by atoms with Crippen molar-refractivity contribution in [3.63, 3.8) is 0 Å². The van der Waals surface area contributed by atoms with Gasteiger partial charge in [0.15, 0.2) is 0 Å². The Morgan fingerprint density at radius 2 is 2.13 bits per heavy atom. The summed E-state index contributed by atoms with van der Waals surface area (Å²) in [6.07, 6.45) is 3.94. The molecule has 1 rings (SSSR count). The highest BCUT2D eigenvalue weighted by Crippen LogP contribution is 2.13. The van der Waals surface area contributed by atoms with Crippen molar-refractivity contribution in [3.05, 3.63) is 0 Å². The molecule has 3 atom stereocenters. The first-order chi connectivity index (χ1) is 7.13. The quantitative estimate of drug-likeness (QED) is 0.773. The van der Waals surface area contributed by atoms with E-state index in [1.165, 1.54) is 38.9 Å². The van der Waals surface area contributed by atoms with Crippen molar-refractivity contribution in [2.75, 3.05) is 19.6 Å². The van der Waals surface area contributed by atoms with Gasteiger partial charge in [0.25, 0.3) is 0 Å². The fourth-order valence-electron chi connectivity index (χ4n) is 2.42. The molecule has 1 saturated heterocycles. The van der Waals surface area contributed by atoms with Gasteiger partial charge in [-0.1, -0.05) is 20.3 Å². The van der Waals surface area contributed by atoms with Crippen molar-refractivity contribution in [2.24, 2.45) is 5.92 Å². The highest BCUT2D eigenvalue weighted by Gasteiger charge is 2.19. The van der Waals surface area contributed by atoms with Gasteiger partial charge < -0.3 is 10.2 Å². The third kappa shape index (κ3) is 4.52. The molecule has 1 fully saturated rings. The Bertz CT molecular complexity index is 170. The van der Waals surface area contributed by atoms with Gasteiger partial charge in [-0.3, -0.25) is 0 Å². The van der Waals surface area contributed by atoms with Crippen LogP contribution in [0.5, 0.6) is 0 Å². The first-order valence-electron chi connectivity index (χ1n) is 6.61. The lowest BCUT2D eigenvalue weighted by Crippen LogP contribution is -2.45. The van der Waals surface area contributed by atoms with E-state index < -0.39 is 0 Å². The summed E-state index contributed by atoms with van der Waals surface area (Å²) in [6.45, 7) is 13.0. The van der Waals surface area contributed by atoms with Crippen molar-refractivity contribution in [3.8, 4) is 0 Å². The third-order valence-corrected chi connectivity index (χ3v) is 3.54. The van der Waals surface area contributed by atoms with Gasteiger partial charge in [0.2, 0.25) is 0 Å². The van der Waals surface area contributed by atoms with E-state index in [4.69, 9.17) is 0 Å². The number of hydrogen-bond acceptors (Lipinski definition) is 2. The van der Waals surface area contributed by atoms with Crippen molar-refractivity contribution in [2.45, 2.75) is 59.0 Å². The molecule has 0 bridgehead atoms. The topological polar surface area (TPSA) is 15.3 Å². The molecule has 0 spiro atoms. The predicted molar refractivity (Wildman–Crippen MR) is 67.2 cm³/mol. The lowest BCUT2D eigenvalue weighted by Gasteiger charge is -2.35. The second kappa shape index (κ2) is 6.49. The van der Waals surface area contributed by atoms with E-state index in [1.807, 2.05) is 0 Å². The van der Waals surface area contributed by atoms with Crippen LogP contribution >= 0.6 is 0 Å². The van der Waals surface area contributed by atoms with E-state index in [1.54, 1.807) is 0 Å². The van der Waals surface area contributed by atoms with Gasteiger partial charge in [-0.2, -0.15) is 0 Å². The summed E-state index contributed by atoms with van der Waals surface area (Å²) in [5, 5.41) is 3.60. The van der Waals surface area contributed by atoms with Crippen LogP contribution in [0, 0.1) is 5.92 Å². The van der Waals surface area contributed by atoms with Crippen LogP contribution in [0.15, 0.2) is 0 Å². The van der Waals surface area contributed by atoms with E-state index in [9.17, 15) is 0 Å². The zero-order valence-electron chi connectivity index (χ0n) is 10.9. The summed E-state index contributed by atoms with van der Waals surface area (Å²) in [5.41, 5.74) is 0. The van der Waals surface area contributed by atoms with E-state index in [0.717, 1.165) is 12.0 Å². The monoisotopic (exact) mass is 212 g/mol. The predicted octanol–water partition coefficient (Wildman–Crippen LogP) is 2.49. The lowest BCUT2D eigenvalue weighted by atomic mass is 10.0. The molecule has 0 aromatic rings. The second-order valence-corrected chi connectivity index (χ2v) is 5.34. The Morgan fingerprint density at radius 3 is 2.80 bits per heavy atom. The van der Waals surface area contributed by atoms with Crippen LogP contribution in [0.3, 0.4) is 0 Å². The van der Waals surface area contributed by atoms with Crippen LogP contribution in [-0.2, 0) is 0 Å². The minimum absolute atomic E-state index is 0.684. The Morgan fingerprint density at radius 1 is 1.40 bits per heavy atom. The first-order valence-corrected chi connectivity index (χ1v) is 6.61. The summed E-state index contributed by atoms with van der Waals surface area (Å²) in [5.74, 6) is 0.784. The molecule has 15 heavy (non-hydrogen) atoms. The molecule has 3 unspecified atom stereocenters. The van der Waals surface area contributed by atoms with Gasteiger partial charge in [-0.15, -0.1) is 0 Å². The molecule has 1 aliphatic rings. The SMILES string of the molecule is CCCC(C)N1CCC(C)NCC(C)C1. The van der Waals surface area contributed by atoms with Crippen LogP contribution in [0.2, 0.25) is 0 Å². The zero-order chi connectivity index (χ0) is 11.3. The fourth-order valence-corrected chi connectivity index (χ4v) is 2.42. The number of nitrogens with zero attached hydrogens (tertiary/aromatic N) is 1. The molecular weight excluding hydrogens is 184 g/mol. The van der Waals surface area contributed by atoms with E-state index >= 15 is 0 Å². The Labute approximate surface area is 95.4 Å². The summed E-state index contributed by atoms with van der Waals surface area (Å²) < 4.78 is 0. The van der Waals surface area contributed by atoms with Gasteiger partial charge in [0.05, 0.1) is 0 Å². The second-order valence-electron chi connectivity index (χ2n) is 5.34. The highest BCUT2D eigenvalue weighted by atomic mass is 15.2. The maximum Gasteiger partial charge on any atom is 0.00669 e. The number of hydrogen-bond donors (Lipinski definition) is 1. The summed E-state index contributed by atoms with van der Waals surface area (Å²) >= 11 is 0. The summed E-state index contributed by atoms with van der Waals surface area (Å²) in [7, 11) is 0. The molecular formula is C13H28N2. The van der Waals surface area contributed by atoms with Gasteiger partial charge >= 0.3 is 0 Å². The van der Waals surface area contributed by atoms with Crippen molar-refractivity contribution >= 4 is 0 Å². The van der Waals surface area contributed by atoms with Gasteiger partial charge in [-0.25, -0.2) is 0 Å². The minimum Gasteiger partial charge on any atom is -0.314 e. The summed E-state index contributed by atoms with van der Waals surface area (Å²) in [4.78, 5) is 2.69. The molecule has 0 saturated carbocycles. The van der Waals surface area contributed by atoms with Crippen LogP contribution in [0.25, 0.3) is 0 Å². The van der Waals surface area contributed by atoms with Gasteiger partial charge in [0.1, 0.15) is 0 Å². The van der Waals surface area contributed by atoms with Crippen molar-refractivity contribution in [1.82, 2.24) is 10.2 Å². The molecule has 0 amide bonds. The maximum atomic E-state index is 3.60. The van der Waals surface area contributed by atoms with Gasteiger partial charge in [-0.05, 0) is 45.7 Å². The number of nitrogens with one attached hydrogen (secondary N) is 1. The molecule has 2 heteroatoms. The smallest absolute Gasteiger partial charge is 0.00669 e. The first kappa shape index (κ1) is 13.0. The van der Waals surface area contributed by atoms with E-state index in [0.29, 0.717) is 6.04 Å². The average Bonchev–Trinajstić information content (AvgIpc) is 2.19. The molecule has 0 aromatic carbocycles. The Hall–Kier alpha value is -0.0800. The standard InChI is InChI=1S/C13H28N2/c1-5-6-13(4)15-8-7-12(3)14-9-11(2)10-15/h11-14H,5-10H2,1-4H3. The van der Waals surface area contributed by atoms with Crippen LogP contribution in [-0.4, -0.2) is 36.6 Å². The molecule has 1 heterocycles. The van der Waals surface area contributed by atoms with Gasteiger partial charge in [0, 0.05) is 18.6 Å².